The molecule has 0 saturated carbocycles. The second-order valence-corrected chi connectivity index (χ2v) is 8.22. The van der Waals surface area contributed by atoms with Gasteiger partial charge in [-0.05, 0) is 30.5 Å². The Hall–Kier alpha value is -1.60. The lowest BCUT2D eigenvalue weighted by molar-refractivity contribution is 0.249. The molecular weight excluding hydrogens is 326 g/mol. The normalized spacial score (nSPS) is 12.9. The molecule has 0 bridgehead atoms. The van der Waals surface area contributed by atoms with E-state index in [1.807, 2.05) is 0 Å². The van der Waals surface area contributed by atoms with E-state index < -0.39 is 10.0 Å². The van der Waals surface area contributed by atoms with Crippen molar-refractivity contribution in [2.24, 2.45) is 5.92 Å². The molecule has 1 rings (SSSR count). The van der Waals surface area contributed by atoms with Crippen LogP contribution in [0.5, 0.6) is 0 Å². The van der Waals surface area contributed by atoms with Crippen LogP contribution < -0.4 is 10.6 Å². The molecule has 0 radical (unpaired) electrons. The van der Waals surface area contributed by atoms with Gasteiger partial charge in [0.1, 0.15) is 0 Å². The summed E-state index contributed by atoms with van der Waals surface area (Å²) >= 11 is 0. The van der Waals surface area contributed by atoms with Gasteiger partial charge in [0.25, 0.3) is 0 Å². The van der Waals surface area contributed by atoms with Crippen molar-refractivity contribution >= 4 is 21.7 Å². The summed E-state index contributed by atoms with van der Waals surface area (Å²) in [6.45, 7) is 4.90. The van der Waals surface area contributed by atoms with Gasteiger partial charge in [-0.25, -0.2) is 17.5 Å². The van der Waals surface area contributed by atoms with E-state index in [2.05, 4.69) is 24.5 Å². The highest BCUT2D eigenvalue weighted by molar-refractivity contribution is 7.89. The number of nitrogens with one attached hydrogen (secondary N) is 2. The van der Waals surface area contributed by atoms with Crippen LogP contribution in [0.3, 0.4) is 0 Å². The molecule has 1 aromatic rings. The molecule has 24 heavy (non-hydrogen) atoms. The predicted molar refractivity (Wildman–Crippen MR) is 97.6 cm³/mol. The molecule has 0 spiro atoms. The van der Waals surface area contributed by atoms with Gasteiger partial charge in [0.2, 0.25) is 10.0 Å². The van der Waals surface area contributed by atoms with Crippen LogP contribution in [0, 0.1) is 5.92 Å². The van der Waals surface area contributed by atoms with Crippen molar-refractivity contribution in [2.45, 2.75) is 44.4 Å². The van der Waals surface area contributed by atoms with Crippen LogP contribution in [0.15, 0.2) is 29.2 Å². The fourth-order valence-electron chi connectivity index (χ4n) is 2.30. The van der Waals surface area contributed by atoms with E-state index in [0.717, 1.165) is 30.0 Å². The van der Waals surface area contributed by atoms with Gasteiger partial charge in [0.15, 0.2) is 0 Å². The van der Waals surface area contributed by atoms with Crippen LogP contribution in [0.2, 0.25) is 0 Å². The minimum atomic E-state index is -3.51. The van der Waals surface area contributed by atoms with Crippen LogP contribution in [0.1, 0.15) is 39.5 Å². The molecule has 2 N–H and O–H groups in total. The van der Waals surface area contributed by atoms with Crippen LogP contribution in [-0.4, -0.2) is 39.4 Å². The maximum absolute atomic E-state index is 12.1. The summed E-state index contributed by atoms with van der Waals surface area (Å²) in [5.74, 6) is 0.469. The lowest BCUT2D eigenvalue weighted by atomic mass is 9.99. The minimum absolute atomic E-state index is 0.152. The van der Waals surface area contributed by atoms with Crippen molar-refractivity contribution in [3.8, 4) is 0 Å². The SMILES string of the molecule is CCCCC(CC)CNC(=O)Nc1cccc(S(=O)(=O)N(C)C)c1. The molecule has 1 unspecified atom stereocenters. The summed E-state index contributed by atoms with van der Waals surface area (Å²) in [7, 11) is -0.562. The molecule has 0 heterocycles. The van der Waals surface area contributed by atoms with Gasteiger partial charge in [-0.2, -0.15) is 0 Å². The maximum atomic E-state index is 12.1. The molecule has 1 aromatic carbocycles. The van der Waals surface area contributed by atoms with E-state index in [-0.39, 0.29) is 10.9 Å². The van der Waals surface area contributed by atoms with Gasteiger partial charge in [-0.1, -0.05) is 39.2 Å². The number of carbonyl (C=O) groups excluding carboxylic acids is 1. The van der Waals surface area contributed by atoms with Crippen LogP contribution >= 0.6 is 0 Å². The number of sulfonamides is 1. The first-order valence-electron chi connectivity index (χ1n) is 8.38. The van der Waals surface area contributed by atoms with Crippen LogP contribution in [-0.2, 0) is 10.0 Å². The molecule has 0 fully saturated rings. The highest BCUT2D eigenvalue weighted by Gasteiger charge is 2.17. The molecule has 2 amide bonds. The third-order valence-electron chi connectivity index (χ3n) is 3.97. The highest BCUT2D eigenvalue weighted by atomic mass is 32.2. The average molecular weight is 356 g/mol. The average Bonchev–Trinajstić information content (AvgIpc) is 2.55. The summed E-state index contributed by atoms with van der Waals surface area (Å²) in [4.78, 5) is 12.2. The van der Waals surface area contributed by atoms with Crippen molar-refractivity contribution in [3.63, 3.8) is 0 Å². The number of rotatable bonds is 9. The van der Waals surface area contributed by atoms with Crippen molar-refractivity contribution < 1.29 is 13.2 Å². The summed E-state index contributed by atoms with van der Waals surface area (Å²) in [6, 6.07) is 5.94. The highest BCUT2D eigenvalue weighted by Crippen LogP contribution is 2.18. The van der Waals surface area contributed by atoms with E-state index >= 15 is 0 Å². The van der Waals surface area contributed by atoms with Gasteiger partial charge < -0.3 is 10.6 Å². The predicted octanol–water partition coefficient (Wildman–Crippen LogP) is 3.27. The smallest absolute Gasteiger partial charge is 0.319 e. The molecule has 136 valence electrons. The Morgan fingerprint density at radius 1 is 1.25 bits per heavy atom. The molecule has 0 aromatic heterocycles. The number of hydrogen-bond donors (Lipinski definition) is 2. The number of unbranched alkanes of at least 4 members (excludes halogenated alkanes) is 1. The first-order valence-corrected chi connectivity index (χ1v) is 9.82. The number of anilines is 1. The standard InChI is InChI=1S/C17H29N3O3S/c1-5-7-9-14(6-2)13-18-17(21)19-15-10-8-11-16(12-15)24(22,23)20(3)4/h8,10-12,14H,5-7,9,13H2,1-4H3,(H2,18,19,21). The number of amides is 2. The Balaban J connectivity index is 2.65. The number of benzene rings is 1. The topological polar surface area (TPSA) is 78.5 Å². The Morgan fingerprint density at radius 3 is 2.54 bits per heavy atom. The quantitative estimate of drug-likeness (QED) is 0.713. The van der Waals surface area contributed by atoms with E-state index in [4.69, 9.17) is 0 Å². The summed E-state index contributed by atoms with van der Waals surface area (Å²) in [5, 5.41) is 5.56. The lowest BCUT2D eigenvalue weighted by Crippen LogP contribution is -2.33. The minimum Gasteiger partial charge on any atom is -0.338 e. The van der Waals surface area contributed by atoms with Crippen molar-refractivity contribution in [3.05, 3.63) is 24.3 Å². The van der Waals surface area contributed by atoms with Gasteiger partial charge in [-0.3, -0.25) is 0 Å². The largest absolute Gasteiger partial charge is 0.338 e. The zero-order chi connectivity index (χ0) is 18.2. The van der Waals surface area contributed by atoms with Crippen molar-refractivity contribution in [1.29, 1.82) is 0 Å². The zero-order valence-corrected chi connectivity index (χ0v) is 15.8. The second kappa shape index (κ2) is 9.64. The Bertz CT molecular complexity index is 630. The molecule has 0 aliphatic rings. The molecule has 0 aliphatic heterocycles. The molecule has 6 nitrogen and oxygen atoms in total. The van der Waals surface area contributed by atoms with E-state index in [9.17, 15) is 13.2 Å². The lowest BCUT2D eigenvalue weighted by Gasteiger charge is -2.16. The first-order chi connectivity index (χ1) is 11.3. The van der Waals surface area contributed by atoms with Gasteiger partial charge in [0, 0.05) is 26.3 Å². The van der Waals surface area contributed by atoms with Gasteiger partial charge >= 0.3 is 6.03 Å². The monoisotopic (exact) mass is 355 g/mol. The maximum Gasteiger partial charge on any atom is 0.319 e. The Kier molecular flexibility index (Phi) is 8.21. The third-order valence-corrected chi connectivity index (χ3v) is 5.78. The fraction of sp³-hybridized carbons (Fsp3) is 0.588. The first kappa shape index (κ1) is 20.4. The fourth-order valence-corrected chi connectivity index (χ4v) is 3.25. The van der Waals surface area contributed by atoms with Crippen LogP contribution in [0.4, 0.5) is 10.5 Å². The summed E-state index contributed by atoms with van der Waals surface area (Å²) in [6.07, 6.45) is 4.43. The van der Waals surface area contributed by atoms with Crippen molar-refractivity contribution in [2.75, 3.05) is 26.0 Å². The third kappa shape index (κ3) is 6.13. The number of urea groups is 1. The summed E-state index contributed by atoms with van der Waals surface area (Å²) < 4.78 is 25.4. The second-order valence-electron chi connectivity index (χ2n) is 6.07. The Morgan fingerprint density at radius 2 is 1.96 bits per heavy atom. The van der Waals surface area contributed by atoms with Gasteiger partial charge in [0.05, 0.1) is 4.90 Å². The van der Waals surface area contributed by atoms with E-state index in [0.29, 0.717) is 18.2 Å². The number of carbonyl (C=O) groups is 1. The van der Waals surface area contributed by atoms with E-state index in [1.54, 1.807) is 12.1 Å². The number of hydrogen-bond acceptors (Lipinski definition) is 3. The van der Waals surface area contributed by atoms with E-state index in [1.165, 1.54) is 26.2 Å². The molecule has 7 heteroatoms. The molecular formula is C17H29N3O3S. The Labute approximate surface area is 145 Å². The molecule has 1 atom stereocenters. The summed E-state index contributed by atoms with van der Waals surface area (Å²) in [5.41, 5.74) is 0.456. The van der Waals surface area contributed by atoms with Crippen molar-refractivity contribution in [1.82, 2.24) is 9.62 Å². The number of nitrogens with zero attached hydrogens (tertiary/aromatic N) is 1. The molecule has 0 aliphatic carbocycles. The van der Waals surface area contributed by atoms with Crippen LogP contribution in [0.25, 0.3) is 0 Å². The molecule has 0 saturated heterocycles. The zero-order valence-electron chi connectivity index (χ0n) is 15.0. The van der Waals surface area contributed by atoms with Gasteiger partial charge in [-0.15, -0.1) is 0 Å².